The van der Waals surface area contributed by atoms with Gasteiger partial charge in [0.25, 0.3) is 0 Å². The van der Waals surface area contributed by atoms with Crippen LogP contribution in [-0.4, -0.2) is 44.1 Å². The smallest absolute Gasteiger partial charge is 0.469 e. The van der Waals surface area contributed by atoms with Crippen LogP contribution in [0, 0.1) is 6.92 Å². The quantitative estimate of drug-likeness (QED) is 0.343. The van der Waals surface area contributed by atoms with Gasteiger partial charge < -0.3 is 18.8 Å². The Morgan fingerprint density at radius 1 is 0.923 bits per heavy atom. The average molecular weight is 527 g/mol. The van der Waals surface area contributed by atoms with Crippen molar-refractivity contribution < 1.29 is 28.4 Å². The molecule has 0 radical (unpaired) electrons. The Balaban J connectivity index is 1.37. The molecule has 0 aromatic heterocycles. The molecule has 3 aromatic rings. The van der Waals surface area contributed by atoms with Gasteiger partial charge in [0, 0.05) is 11.6 Å². The third-order valence-electron chi connectivity index (χ3n) is 8.22. The maximum atomic E-state index is 13.0. The first kappa shape index (κ1) is 27.0. The van der Waals surface area contributed by atoms with Gasteiger partial charge in [0.05, 0.1) is 24.7 Å². The van der Waals surface area contributed by atoms with Crippen LogP contribution in [0.2, 0.25) is 0 Å². The highest BCUT2D eigenvalue weighted by Crippen LogP contribution is 2.44. The number of ether oxygens (including phenoxy) is 2. The van der Waals surface area contributed by atoms with Crippen LogP contribution in [0.15, 0.2) is 60.7 Å². The highest BCUT2D eigenvalue weighted by Gasteiger charge is 2.52. The van der Waals surface area contributed by atoms with E-state index in [-0.39, 0.29) is 24.9 Å². The van der Waals surface area contributed by atoms with Crippen LogP contribution in [0.25, 0.3) is 11.1 Å². The zero-order valence-electron chi connectivity index (χ0n) is 23.3. The minimum atomic E-state index is -0.657. The Morgan fingerprint density at radius 2 is 1.49 bits per heavy atom. The zero-order valence-corrected chi connectivity index (χ0v) is 23.3. The van der Waals surface area contributed by atoms with E-state index in [1.165, 1.54) is 18.2 Å². The number of fused-ring (bicyclic) bond motifs is 3. The third kappa shape index (κ3) is 5.06. The first-order chi connectivity index (χ1) is 18.5. The SMILES string of the molecule is COC(=O)Cc1cc(NC(=O)OCC2c3ccccc3-c3ccccc32)cc(B2OC(C)(C)C(C)(C)O2)c1C. The molecule has 1 aliphatic carbocycles. The van der Waals surface area contributed by atoms with E-state index >= 15 is 0 Å². The van der Waals surface area contributed by atoms with E-state index in [9.17, 15) is 9.59 Å². The monoisotopic (exact) mass is 527 g/mol. The molecule has 1 N–H and O–H groups in total. The first-order valence-corrected chi connectivity index (χ1v) is 13.2. The van der Waals surface area contributed by atoms with Crippen molar-refractivity contribution in [2.24, 2.45) is 0 Å². The molecule has 0 saturated carbocycles. The number of esters is 1. The van der Waals surface area contributed by atoms with E-state index in [0.717, 1.165) is 22.2 Å². The van der Waals surface area contributed by atoms with Crippen LogP contribution < -0.4 is 10.8 Å². The maximum Gasteiger partial charge on any atom is 0.495 e. The Hall–Kier alpha value is -3.62. The van der Waals surface area contributed by atoms with Gasteiger partial charge >= 0.3 is 19.2 Å². The van der Waals surface area contributed by atoms with E-state index in [2.05, 4.69) is 29.6 Å². The molecule has 1 saturated heterocycles. The molecule has 8 heteroatoms. The van der Waals surface area contributed by atoms with Crippen molar-refractivity contribution in [3.05, 3.63) is 82.9 Å². The summed E-state index contributed by atoms with van der Waals surface area (Å²) in [5.74, 6) is -0.423. The third-order valence-corrected chi connectivity index (χ3v) is 8.22. The van der Waals surface area contributed by atoms with Crippen LogP contribution in [-0.2, 0) is 30.0 Å². The van der Waals surface area contributed by atoms with Crippen molar-refractivity contribution in [2.45, 2.75) is 58.2 Å². The molecule has 39 heavy (non-hydrogen) atoms. The van der Waals surface area contributed by atoms with Crippen molar-refractivity contribution in [2.75, 3.05) is 19.0 Å². The molecule has 7 nitrogen and oxygen atoms in total. The van der Waals surface area contributed by atoms with E-state index in [4.69, 9.17) is 18.8 Å². The zero-order chi connectivity index (χ0) is 27.9. The summed E-state index contributed by atoms with van der Waals surface area (Å²) in [6.45, 7) is 10.0. The number of rotatable bonds is 6. The summed E-state index contributed by atoms with van der Waals surface area (Å²) in [7, 11) is 0.696. The van der Waals surface area contributed by atoms with Crippen molar-refractivity contribution in [3.63, 3.8) is 0 Å². The van der Waals surface area contributed by atoms with Gasteiger partial charge in [0.15, 0.2) is 0 Å². The number of carbonyl (C=O) groups is 2. The van der Waals surface area contributed by atoms with Gasteiger partial charge in [-0.2, -0.15) is 0 Å². The highest BCUT2D eigenvalue weighted by atomic mass is 16.7. The molecule has 0 spiro atoms. The summed E-state index contributed by atoms with van der Waals surface area (Å²) in [6, 6.07) is 20.0. The standard InChI is InChI=1S/C31H34BNO6/c1-19-20(16-28(34)36-6)15-21(17-27(19)32-38-30(2,3)31(4,5)39-32)33-29(35)37-18-26-24-13-9-7-11-22(24)23-12-8-10-14-25(23)26/h7-15,17,26H,16,18H2,1-6H3,(H,33,35). The van der Waals surface area contributed by atoms with Crippen LogP contribution in [0.1, 0.15) is 55.9 Å². The summed E-state index contributed by atoms with van der Waals surface area (Å²) in [6.07, 6.45) is -0.528. The molecular weight excluding hydrogens is 493 g/mol. The number of anilines is 1. The predicted octanol–water partition coefficient (Wildman–Crippen LogP) is 5.37. The molecule has 1 fully saturated rings. The van der Waals surface area contributed by atoms with E-state index < -0.39 is 24.4 Å². The van der Waals surface area contributed by atoms with Crippen molar-refractivity contribution >= 4 is 30.3 Å². The minimum absolute atomic E-state index is 0.0450. The predicted molar refractivity (Wildman–Crippen MR) is 151 cm³/mol. The molecule has 202 valence electrons. The van der Waals surface area contributed by atoms with Crippen molar-refractivity contribution in [3.8, 4) is 11.1 Å². The summed E-state index contributed by atoms with van der Waals surface area (Å²) >= 11 is 0. The Morgan fingerprint density at radius 3 is 2.05 bits per heavy atom. The molecule has 5 rings (SSSR count). The number of benzene rings is 3. The van der Waals surface area contributed by atoms with Gasteiger partial charge in [-0.15, -0.1) is 0 Å². The first-order valence-electron chi connectivity index (χ1n) is 13.2. The van der Waals surface area contributed by atoms with Crippen LogP contribution in [0.4, 0.5) is 10.5 Å². The fourth-order valence-corrected chi connectivity index (χ4v) is 5.25. The molecule has 2 aliphatic rings. The lowest BCUT2D eigenvalue weighted by Gasteiger charge is -2.32. The van der Waals surface area contributed by atoms with Gasteiger partial charge in [-0.25, -0.2) is 4.79 Å². The average Bonchev–Trinajstić information content (AvgIpc) is 3.33. The lowest BCUT2D eigenvalue weighted by atomic mass is 9.74. The molecule has 0 unspecified atom stereocenters. The molecule has 1 aliphatic heterocycles. The number of carbonyl (C=O) groups excluding carboxylic acids is 2. The number of hydrogen-bond donors (Lipinski definition) is 1. The number of amides is 1. The van der Waals surface area contributed by atoms with Crippen LogP contribution >= 0.6 is 0 Å². The largest absolute Gasteiger partial charge is 0.495 e. The Labute approximate surface area is 229 Å². The molecule has 3 aromatic carbocycles. The summed E-state index contributed by atoms with van der Waals surface area (Å²) < 4.78 is 23.2. The molecule has 0 atom stereocenters. The minimum Gasteiger partial charge on any atom is -0.469 e. The van der Waals surface area contributed by atoms with Crippen LogP contribution in [0.5, 0.6) is 0 Å². The molecule has 1 heterocycles. The van der Waals surface area contributed by atoms with E-state index in [0.29, 0.717) is 11.3 Å². The summed E-state index contributed by atoms with van der Waals surface area (Å²) in [5.41, 5.74) is 6.33. The fourth-order valence-electron chi connectivity index (χ4n) is 5.25. The van der Waals surface area contributed by atoms with Gasteiger partial charge in [-0.05, 0) is 85.6 Å². The molecule has 1 amide bonds. The van der Waals surface area contributed by atoms with Gasteiger partial charge in [-0.1, -0.05) is 48.5 Å². The second-order valence-corrected chi connectivity index (χ2v) is 11.1. The van der Waals surface area contributed by atoms with Crippen molar-refractivity contribution in [1.82, 2.24) is 0 Å². The fraction of sp³-hybridized carbons (Fsp3) is 0.355. The van der Waals surface area contributed by atoms with Crippen LogP contribution in [0.3, 0.4) is 0 Å². The number of hydrogen-bond acceptors (Lipinski definition) is 6. The van der Waals surface area contributed by atoms with Crippen molar-refractivity contribution in [1.29, 1.82) is 0 Å². The Bertz CT molecular complexity index is 1370. The molecular formula is C31H34BNO6. The number of nitrogens with one attached hydrogen (secondary N) is 1. The molecule has 0 bridgehead atoms. The van der Waals surface area contributed by atoms with E-state index in [1.807, 2.05) is 65.0 Å². The lowest BCUT2D eigenvalue weighted by molar-refractivity contribution is -0.139. The van der Waals surface area contributed by atoms with Gasteiger partial charge in [0.2, 0.25) is 0 Å². The lowest BCUT2D eigenvalue weighted by Crippen LogP contribution is -2.41. The normalized spacial score (nSPS) is 16.9. The maximum absolute atomic E-state index is 13.0. The second kappa shape index (κ2) is 10.2. The van der Waals surface area contributed by atoms with Gasteiger partial charge in [0.1, 0.15) is 6.61 Å². The summed E-state index contributed by atoms with van der Waals surface area (Å²) in [5, 5.41) is 2.85. The summed E-state index contributed by atoms with van der Waals surface area (Å²) in [4.78, 5) is 25.2. The topological polar surface area (TPSA) is 83.1 Å². The second-order valence-electron chi connectivity index (χ2n) is 11.1. The van der Waals surface area contributed by atoms with E-state index in [1.54, 1.807) is 6.07 Å². The Kier molecular flexibility index (Phi) is 7.03. The highest BCUT2D eigenvalue weighted by molar-refractivity contribution is 6.62. The number of methoxy groups -OCH3 is 1. The van der Waals surface area contributed by atoms with Gasteiger partial charge in [-0.3, -0.25) is 10.1 Å².